The van der Waals surface area contributed by atoms with Crippen LogP contribution in [-0.4, -0.2) is 41.8 Å². The zero-order valence-corrected chi connectivity index (χ0v) is 23.2. The molecule has 0 saturated heterocycles. The van der Waals surface area contributed by atoms with Crippen LogP contribution in [0.4, 0.5) is 10.1 Å². The number of rotatable bonds is 12. The topological polar surface area (TPSA) is 69.7 Å². The number of nitrogens with one attached hydrogen (secondary N) is 1. The largest absolute Gasteiger partial charge is 0.354 e. The Morgan fingerprint density at radius 2 is 1.66 bits per heavy atom. The van der Waals surface area contributed by atoms with Gasteiger partial charge in [0, 0.05) is 49.0 Å². The average molecular weight is 552 g/mol. The first-order chi connectivity index (χ1) is 20.0. The van der Waals surface area contributed by atoms with Gasteiger partial charge in [-0.25, -0.2) is 4.39 Å². The predicted molar refractivity (Wildman–Crippen MR) is 159 cm³/mol. The van der Waals surface area contributed by atoms with Gasteiger partial charge in [-0.1, -0.05) is 79.7 Å². The van der Waals surface area contributed by atoms with Gasteiger partial charge in [0.15, 0.2) is 0 Å². The lowest BCUT2D eigenvalue weighted by atomic mass is 10.0. The van der Waals surface area contributed by atoms with Gasteiger partial charge < -0.3 is 15.1 Å². The molecule has 0 spiro atoms. The number of amides is 3. The molecule has 0 radical (unpaired) electrons. The maximum absolute atomic E-state index is 14.8. The van der Waals surface area contributed by atoms with Crippen LogP contribution < -0.4 is 10.2 Å². The van der Waals surface area contributed by atoms with E-state index in [1.165, 1.54) is 11.0 Å². The molecule has 1 N–H and O–H groups in total. The van der Waals surface area contributed by atoms with Crippen molar-refractivity contribution in [2.75, 3.05) is 18.0 Å². The molecule has 210 valence electrons. The number of halogens is 1. The molecule has 4 aromatic rings. The molecule has 1 aliphatic heterocycles. The number of carbonyl (C=O) groups is 3. The van der Waals surface area contributed by atoms with Gasteiger partial charge in [-0.2, -0.15) is 0 Å². The first kappa shape index (κ1) is 28.0. The molecule has 0 fully saturated rings. The summed E-state index contributed by atoms with van der Waals surface area (Å²) in [6.07, 6.45) is 1.57. The standard InChI is InChI=1S/C34H34FN3O3/c1-2-20-36-33(40)30(22-24-11-4-3-5-12-24)38(23-26-13-6-7-17-28(26)35)31(39)19-10-21-37-29-18-9-15-25-14-8-16-27(32(25)29)34(37)41/h3-9,11-18,30H,2,10,19-23H2,1H3,(H,36,40). The summed E-state index contributed by atoms with van der Waals surface area (Å²) in [4.78, 5) is 43.7. The molecule has 0 bridgehead atoms. The van der Waals surface area contributed by atoms with Crippen molar-refractivity contribution in [1.29, 1.82) is 0 Å². The average Bonchev–Trinajstić information content (AvgIpc) is 3.27. The summed E-state index contributed by atoms with van der Waals surface area (Å²) in [7, 11) is 0. The molecule has 4 aromatic carbocycles. The highest BCUT2D eigenvalue weighted by Gasteiger charge is 2.32. The van der Waals surface area contributed by atoms with Crippen molar-refractivity contribution in [3.8, 4) is 0 Å². The number of hydrogen-bond donors (Lipinski definition) is 1. The fourth-order valence-corrected chi connectivity index (χ4v) is 5.46. The van der Waals surface area contributed by atoms with Gasteiger partial charge in [-0.05, 0) is 42.0 Å². The van der Waals surface area contributed by atoms with Gasteiger partial charge in [0.1, 0.15) is 11.9 Å². The normalized spacial score (nSPS) is 12.9. The second kappa shape index (κ2) is 12.8. The Kier molecular flexibility index (Phi) is 8.73. The van der Waals surface area contributed by atoms with Gasteiger partial charge in [-0.3, -0.25) is 14.4 Å². The number of hydrogen-bond acceptors (Lipinski definition) is 3. The number of benzene rings is 4. The van der Waals surface area contributed by atoms with Crippen LogP contribution in [0.5, 0.6) is 0 Å². The van der Waals surface area contributed by atoms with E-state index in [9.17, 15) is 18.8 Å². The molecular formula is C34H34FN3O3. The van der Waals surface area contributed by atoms with E-state index >= 15 is 0 Å². The highest BCUT2D eigenvalue weighted by molar-refractivity contribution is 6.25. The third kappa shape index (κ3) is 6.14. The monoisotopic (exact) mass is 551 g/mol. The first-order valence-corrected chi connectivity index (χ1v) is 14.2. The summed E-state index contributed by atoms with van der Waals surface area (Å²) in [6.45, 7) is 2.77. The molecule has 0 saturated carbocycles. The lowest BCUT2D eigenvalue weighted by Gasteiger charge is -2.32. The van der Waals surface area contributed by atoms with Crippen LogP contribution in [0.15, 0.2) is 91.0 Å². The summed E-state index contributed by atoms with van der Waals surface area (Å²) in [5.74, 6) is -1.03. The minimum Gasteiger partial charge on any atom is -0.354 e. The smallest absolute Gasteiger partial charge is 0.258 e. The summed E-state index contributed by atoms with van der Waals surface area (Å²) < 4.78 is 14.8. The molecule has 1 atom stereocenters. The van der Waals surface area contributed by atoms with E-state index in [0.29, 0.717) is 37.1 Å². The molecule has 7 heteroatoms. The van der Waals surface area contributed by atoms with Crippen LogP contribution in [-0.2, 0) is 22.6 Å². The Balaban J connectivity index is 1.37. The molecule has 3 amide bonds. The summed E-state index contributed by atoms with van der Waals surface area (Å²) >= 11 is 0. The molecular weight excluding hydrogens is 517 g/mol. The van der Waals surface area contributed by atoms with Crippen LogP contribution in [0.25, 0.3) is 10.8 Å². The first-order valence-electron chi connectivity index (χ1n) is 14.2. The van der Waals surface area contributed by atoms with Crippen LogP contribution in [0.2, 0.25) is 0 Å². The highest BCUT2D eigenvalue weighted by Crippen LogP contribution is 2.37. The van der Waals surface area contributed by atoms with Crippen molar-refractivity contribution in [2.45, 2.75) is 45.2 Å². The minimum atomic E-state index is -0.817. The fourth-order valence-electron chi connectivity index (χ4n) is 5.46. The van der Waals surface area contributed by atoms with Crippen LogP contribution in [0.3, 0.4) is 0 Å². The predicted octanol–water partition coefficient (Wildman–Crippen LogP) is 5.89. The molecule has 0 aromatic heterocycles. The molecule has 0 aliphatic carbocycles. The Morgan fingerprint density at radius 3 is 2.41 bits per heavy atom. The molecule has 6 nitrogen and oxygen atoms in total. The van der Waals surface area contributed by atoms with Crippen molar-refractivity contribution in [3.05, 3.63) is 114 Å². The van der Waals surface area contributed by atoms with E-state index in [-0.39, 0.29) is 30.7 Å². The second-order valence-electron chi connectivity index (χ2n) is 10.4. The van der Waals surface area contributed by atoms with Crippen LogP contribution >= 0.6 is 0 Å². The quantitative estimate of drug-likeness (QED) is 0.239. The molecule has 5 rings (SSSR count). The van der Waals surface area contributed by atoms with Gasteiger partial charge >= 0.3 is 0 Å². The Bertz CT molecular complexity index is 1550. The maximum Gasteiger partial charge on any atom is 0.258 e. The number of nitrogens with zero attached hydrogens (tertiary/aromatic N) is 2. The fraction of sp³-hybridized carbons (Fsp3) is 0.265. The van der Waals surface area contributed by atoms with Gasteiger partial charge in [0.25, 0.3) is 5.91 Å². The van der Waals surface area contributed by atoms with Crippen molar-refractivity contribution in [1.82, 2.24) is 10.2 Å². The second-order valence-corrected chi connectivity index (χ2v) is 10.4. The minimum absolute atomic E-state index is 0.0318. The molecule has 1 aliphatic rings. The maximum atomic E-state index is 14.8. The number of anilines is 1. The van der Waals surface area contributed by atoms with Gasteiger partial charge in [0.05, 0.1) is 5.69 Å². The van der Waals surface area contributed by atoms with Gasteiger partial charge in [-0.15, -0.1) is 0 Å². The summed E-state index contributed by atoms with van der Waals surface area (Å²) in [5.41, 5.74) is 2.77. The lowest BCUT2D eigenvalue weighted by Crippen LogP contribution is -2.50. The SMILES string of the molecule is CCCNC(=O)C(Cc1ccccc1)N(Cc1ccccc1F)C(=O)CCCN1C(=O)c2cccc3cccc1c23. The third-order valence-corrected chi connectivity index (χ3v) is 7.54. The Morgan fingerprint density at radius 1 is 0.927 bits per heavy atom. The number of carbonyl (C=O) groups excluding carboxylic acids is 3. The van der Waals surface area contributed by atoms with Crippen molar-refractivity contribution in [3.63, 3.8) is 0 Å². The van der Waals surface area contributed by atoms with E-state index in [2.05, 4.69) is 5.32 Å². The summed E-state index contributed by atoms with van der Waals surface area (Å²) in [5, 5.41) is 4.87. The van der Waals surface area contributed by atoms with Crippen LogP contribution in [0.1, 0.15) is 47.7 Å². The van der Waals surface area contributed by atoms with Crippen LogP contribution in [0, 0.1) is 5.82 Å². The van der Waals surface area contributed by atoms with E-state index in [4.69, 9.17) is 0 Å². The molecule has 1 heterocycles. The zero-order valence-electron chi connectivity index (χ0n) is 23.2. The van der Waals surface area contributed by atoms with E-state index in [1.54, 1.807) is 23.1 Å². The highest BCUT2D eigenvalue weighted by atomic mass is 19.1. The third-order valence-electron chi connectivity index (χ3n) is 7.54. The van der Waals surface area contributed by atoms with Crippen molar-refractivity contribution >= 4 is 34.2 Å². The molecule has 41 heavy (non-hydrogen) atoms. The van der Waals surface area contributed by atoms with Crippen molar-refractivity contribution in [2.24, 2.45) is 0 Å². The van der Waals surface area contributed by atoms with Crippen molar-refractivity contribution < 1.29 is 18.8 Å². The lowest BCUT2D eigenvalue weighted by molar-refractivity contribution is -0.141. The Labute approximate surface area is 239 Å². The zero-order chi connectivity index (χ0) is 28.8. The van der Waals surface area contributed by atoms with E-state index in [0.717, 1.165) is 28.4 Å². The van der Waals surface area contributed by atoms with E-state index < -0.39 is 11.9 Å². The Hall–Kier alpha value is -4.52. The van der Waals surface area contributed by atoms with E-state index in [1.807, 2.05) is 73.7 Å². The van der Waals surface area contributed by atoms with Gasteiger partial charge in [0.2, 0.25) is 11.8 Å². The summed E-state index contributed by atoms with van der Waals surface area (Å²) in [6, 6.07) is 26.6. The molecule has 1 unspecified atom stereocenters.